The standard InChI is InChI=1S/C49H60N8O14S2/c1-29-36(52-44(72-29)54-45(61)68-47(2,3)4)37(41(58)53-39-42(59)57(49(39,8)9)71-73(63,64)65)55-70-35(43(60)67-38(30-17-12-10-13-18-30)31-19-14-11-15-20-31)28-66-34-24-22-32(23-25-34)40(50)51-33-21-16-26-56(27-33)46(62)69-48(5,6)7/h10-15,17-20,22-25,33,35,38-39H,16,21,26-28H2,1-9H3,(H2,50,51)(H,53,58)(H,52,54,61)(H,63,64,65)/b55-37-/t33-,35+,39-/m1/s1. The molecule has 0 saturated carbocycles. The summed E-state index contributed by atoms with van der Waals surface area (Å²) >= 11 is 0.942. The van der Waals surface area contributed by atoms with Gasteiger partial charge in [-0.05, 0) is 111 Å². The maximum atomic E-state index is 14.4. The SMILES string of the molecule is Cc1sc(NC(=O)OC(C)(C)C)nc1/C(=N/O[C@@H](COc1ccc(C(=N)N[C@@H]2CCCN(C(=O)OC(C)(C)C)C2)cc1)C(=O)OC(c1ccccc1)c1ccccc1)C(=O)N[C@@H]1C(=O)N(OS(=O)(=O)O)C1(C)C. The van der Waals surface area contributed by atoms with Crippen LogP contribution in [0.4, 0.5) is 14.7 Å². The molecule has 2 aliphatic heterocycles. The van der Waals surface area contributed by atoms with Crippen molar-refractivity contribution in [2.45, 2.75) is 116 Å². The van der Waals surface area contributed by atoms with Gasteiger partial charge in [0.25, 0.3) is 17.9 Å². The van der Waals surface area contributed by atoms with Gasteiger partial charge >= 0.3 is 28.6 Å². The highest BCUT2D eigenvalue weighted by Gasteiger charge is 2.58. The summed E-state index contributed by atoms with van der Waals surface area (Å²) in [6.45, 7) is 15.0. The van der Waals surface area contributed by atoms with Gasteiger partial charge in [-0.25, -0.2) is 19.4 Å². The molecular formula is C49H60N8O14S2. The summed E-state index contributed by atoms with van der Waals surface area (Å²) in [5.41, 5.74) is -2.07. The largest absolute Gasteiger partial charge is 0.489 e. The van der Waals surface area contributed by atoms with Gasteiger partial charge in [-0.2, -0.15) is 13.5 Å². The highest BCUT2D eigenvalue weighted by Crippen LogP contribution is 2.34. The van der Waals surface area contributed by atoms with Gasteiger partial charge in [0, 0.05) is 29.6 Å². The number of thiazole rings is 1. The molecular weight excluding hydrogens is 989 g/mol. The van der Waals surface area contributed by atoms with Crippen LogP contribution in [-0.4, -0.2) is 124 Å². The number of amides is 4. The Hall–Kier alpha value is -7.15. The van der Waals surface area contributed by atoms with Gasteiger partial charge in [-0.3, -0.25) is 24.9 Å². The van der Waals surface area contributed by atoms with Crippen LogP contribution in [0.2, 0.25) is 0 Å². The van der Waals surface area contributed by atoms with Crippen molar-refractivity contribution in [1.29, 1.82) is 5.41 Å². The second kappa shape index (κ2) is 22.7. The number of nitrogens with zero attached hydrogens (tertiary/aromatic N) is 4. The number of oxime groups is 1. The van der Waals surface area contributed by atoms with Crippen LogP contribution in [-0.2, 0) is 48.1 Å². The number of nitrogens with one attached hydrogen (secondary N) is 4. The summed E-state index contributed by atoms with van der Waals surface area (Å²) < 4.78 is 59.9. The van der Waals surface area contributed by atoms with E-state index in [1.807, 2.05) is 0 Å². The lowest BCUT2D eigenvalue weighted by atomic mass is 9.84. The van der Waals surface area contributed by atoms with Gasteiger partial charge in [0.05, 0.1) is 5.54 Å². The third-order valence-corrected chi connectivity index (χ3v) is 12.1. The number of β-lactam (4-membered cyclic amide) rings is 1. The minimum Gasteiger partial charge on any atom is -0.489 e. The van der Waals surface area contributed by atoms with Gasteiger partial charge in [0.1, 0.15) is 41.1 Å². The summed E-state index contributed by atoms with van der Waals surface area (Å²) in [6, 6.07) is 22.6. The molecule has 2 fully saturated rings. The number of amidine groups is 1. The zero-order valence-electron chi connectivity index (χ0n) is 41.8. The molecule has 0 radical (unpaired) electrons. The molecule has 3 atom stereocenters. The van der Waals surface area contributed by atoms with Crippen LogP contribution in [0.15, 0.2) is 90.1 Å². The van der Waals surface area contributed by atoms with E-state index < -0.39 is 87.7 Å². The van der Waals surface area contributed by atoms with Crippen LogP contribution in [0.3, 0.4) is 0 Å². The Kier molecular flexibility index (Phi) is 17.2. The number of piperidine rings is 1. The number of rotatable bonds is 17. The van der Waals surface area contributed by atoms with Crippen LogP contribution >= 0.6 is 11.3 Å². The van der Waals surface area contributed by atoms with Crippen molar-refractivity contribution in [1.82, 2.24) is 25.6 Å². The first kappa shape index (κ1) is 55.2. The molecule has 5 N–H and O–H groups in total. The number of carbonyl (C=O) groups is 5. The lowest BCUT2D eigenvalue weighted by Crippen LogP contribution is -2.76. The lowest BCUT2D eigenvalue weighted by molar-refractivity contribution is -0.218. The number of aromatic nitrogens is 1. The Morgan fingerprint density at radius 1 is 0.918 bits per heavy atom. The number of carbonyl (C=O) groups excluding carboxylic acids is 5. The smallest absolute Gasteiger partial charge is 0.418 e. The maximum absolute atomic E-state index is 14.4. The fourth-order valence-corrected chi connectivity index (χ4v) is 8.72. The Labute approximate surface area is 427 Å². The summed E-state index contributed by atoms with van der Waals surface area (Å²) in [6.07, 6.45) is -2.48. The molecule has 24 heteroatoms. The van der Waals surface area contributed by atoms with E-state index in [1.165, 1.54) is 13.8 Å². The first-order valence-corrected chi connectivity index (χ1v) is 25.3. The molecule has 6 rings (SSSR count). The number of hydrogen-bond donors (Lipinski definition) is 5. The maximum Gasteiger partial charge on any atom is 0.418 e. The molecule has 4 aromatic rings. The molecule has 2 aliphatic rings. The number of hydrogen-bond acceptors (Lipinski definition) is 17. The second-order valence-electron chi connectivity index (χ2n) is 19.5. The minimum absolute atomic E-state index is 0.0175. The first-order valence-electron chi connectivity index (χ1n) is 23.1. The molecule has 73 heavy (non-hydrogen) atoms. The summed E-state index contributed by atoms with van der Waals surface area (Å²) in [5, 5.41) is 21.5. The Morgan fingerprint density at radius 2 is 1.52 bits per heavy atom. The van der Waals surface area contributed by atoms with E-state index in [2.05, 4.69) is 30.4 Å². The summed E-state index contributed by atoms with van der Waals surface area (Å²) in [4.78, 5) is 79.7. The molecule has 22 nitrogen and oxygen atoms in total. The molecule has 0 bridgehead atoms. The molecule has 4 amide bonds. The molecule has 392 valence electrons. The monoisotopic (exact) mass is 1050 g/mol. The van der Waals surface area contributed by atoms with Gasteiger partial charge in [-0.15, -0.1) is 15.6 Å². The predicted molar refractivity (Wildman–Crippen MR) is 267 cm³/mol. The van der Waals surface area contributed by atoms with Crippen molar-refractivity contribution in [3.05, 3.63) is 112 Å². The Morgan fingerprint density at radius 3 is 2.08 bits per heavy atom. The zero-order valence-corrected chi connectivity index (χ0v) is 43.4. The first-order chi connectivity index (χ1) is 34.2. The number of benzene rings is 3. The van der Waals surface area contributed by atoms with Crippen molar-refractivity contribution < 1.29 is 65.0 Å². The minimum atomic E-state index is -5.13. The Balaban J connectivity index is 1.29. The number of aryl methyl sites for hydroxylation is 1. The third kappa shape index (κ3) is 15.2. The number of anilines is 1. The van der Waals surface area contributed by atoms with Gasteiger partial charge in [-0.1, -0.05) is 65.8 Å². The van der Waals surface area contributed by atoms with Crippen LogP contribution < -0.4 is 20.7 Å². The van der Waals surface area contributed by atoms with Crippen molar-refractivity contribution in [3.63, 3.8) is 0 Å². The quantitative estimate of drug-likeness (QED) is 0.0144. The third-order valence-electron chi connectivity index (χ3n) is 10.9. The Bertz CT molecular complexity index is 2760. The van der Waals surface area contributed by atoms with E-state index in [0.717, 1.165) is 24.2 Å². The van der Waals surface area contributed by atoms with E-state index >= 15 is 0 Å². The normalized spacial score (nSPS) is 17.4. The van der Waals surface area contributed by atoms with Crippen LogP contribution in [0.25, 0.3) is 0 Å². The molecule has 0 aliphatic carbocycles. The van der Waals surface area contributed by atoms with Crippen molar-refractivity contribution in [2.24, 2.45) is 5.16 Å². The van der Waals surface area contributed by atoms with Gasteiger partial charge in [0.15, 0.2) is 16.9 Å². The van der Waals surface area contributed by atoms with Crippen LogP contribution in [0.1, 0.15) is 102 Å². The molecule has 0 spiro atoms. The number of esters is 1. The highest BCUT2D eigenvalue weighted by molar-refractivity contribution is 7.80. The van der Waals surface area contributed by atoms with Crippen LogP contribution in [0.5, 0.6) is 5.75 Å². The molecule has 3 aromatic carbocycles. The molecule has 2 saturated heterocycles. The lowest BCUT2D eigenvalue weighted by Gasteiger charge is -2.50. The van der Waals surface area contributed by atoms with E-state index in [4.69, 9.17) is 29.2 Å². The van der Waals surface area contributed by atoms with E-state index in [1.54, 1.807) is 138 Å². The number of ether oxygens (including phenoxy) is 4. The van der Waals surface area contributed by atoms with E-state index in [-0.39, 0.29) is 28.5 Å². The average Bonchev–Trinajstić information content (AvgIpc) is 3.67. The van der Waals surface area contributed by atoms with Gasteiger partial charge in [0.2, 0.25) is 0 Å². The van der Waals surface area contributed by atoms with Crippen LogP contribution in [0, 0.1) is 12.3 Å². The fourth-order valence-electron chi connectivity index (χ4n) is 7.47. The number of hydroxylamine groups is 2. The summed E-state index contributed by atoms with van der Waals surface area (Å²) in [5.74, 6) is -2.77. The van der Waals surface area contributed by atoms with Crippen molar-refractivity contribution in [3.8, 4) is 5.75 Å². The number of likely N-dealkylation sites (tertiary alicyclic amines) is 1. The molecule has 1 aromatic heterocycles. The second-order valence-corrected chi connectivity index (χ2v) is 21.7. The van der Waals surface area contributed by atoms with Gasteiger partial charge < -0.3 is 39.3 Å². The molecule has 0 unspecified atom stereocenters. The van der Waals surface area contributed by atoms with E-state index in [0.29, 0.717) is 39.7 Å². The fraction of sp³-hybridized carbons (Fsp3) is 0.429. The van der Waals surface area contributed by atoms with Crippen molar-refractivity contribution in [2.75, 3.05) is 25.0 Å². The highest BCUT2D eigenvalue weighted by atomic mass is 32.3. The topological polar surface area (TPSA) is 287 Å². The summed E-state index contributed by atoms with van der Waals surface area (Å²) in [7, 11) is -5.13. The van der Waals surface area contributed by atoms with Crippen molar-refractivity contribution >= 4 is 68.4 Å². The average molecular weight is 1050 g/mol. The van der Waals surface area contributed by atoms with E-state index in [9.17, 15) is 36.9 Å². The zero-order chi connectivity index (χ0) is 53.5. The predicted octanol–water partition coefficient (Wildman–Crippen LogP) is 6.45. The molecule has 3 heterocycles.